The number of carboxylic acid groups (broad SMARTS) is 1. The molecule has 10 heteroatoms. The first kappa shape index (κ1) is 28.0. The van der Waals surface area contributed by atoms with Crippen LogP contribution in [-0.2, 0) is 27.8 Å². The number of aromatic nitrogens is 1. The van der Waals surface area contributed by atoms with Crippen LogP contribution in [-0.4, -0.2) is 35.4 Å². The predicted molar refractivity (Wildman–Crippen MR) is 147 cm³/mol. The highest BCUT2D eigenvalue weighted by molar-refractivity contribution is 7.91. The average Bonchev–Trinajstić information content (AvgIpc) is 3.33. The summed E-state index contributed by atoms with van der Waals surface area (Å²) in [6.45, 7) is 8.39. The molecule has 0 unspecified atom stereocenters. The largest absolute Gasteiger partial charge is 0.488 e. The molecule has 0 saturated heterocycles. The molecule has 0 amide bonds. The molecule has 0 spiro atoms. The molecule has 39 heavy (non-hydrogen) atoms. The van der Waals surface area contributed by atoms with Gasteiger partial charge in [-0.1, -0.05) is 12.1 Å². The number of hydrogen-bond donors (Lipinski definition) is 1. The number of aryl methyl sites for hydroxylation is 1. The van der Waals surface area contributed by atoms with Crippen LogP contribution in [0.5, 0.6) is 5.75 Å². The molecule has 2 aromatic carbocycles. The first-order valence-corrected chi connectivity index (χ1v) is 13.6. The van der Waals surface area contributed by atoms with E-state index in [4.69, 9.17) is 9.15 Å². The number of furan rings is 1. The van der Waals surface area contributed by atoms with Gasteiger partial charge in [0.25, 0.3) is 10.0 Å². The summed E-state index contributed by atoms with van der Waals surface area (Å²) in [5.41, 5.74) is 3.85. The number of sulfonamides is 1. The zero-order valence-corrected chi connectivity index (χ0v) is 23.1. The molecule has 2 aromatic heterocycles. The molecule has 0 aliphatic carbocycles. The SMILES string of the molecule is Cc1ccc(CC(=O)O)c(OCc2cc(-c3ccnc(C=NS(=O)(=O)C(C)(C)C)c3F)c3occc3c2)c1C. The molecular formula is C29H29FN2O6S. The van der Waals surface area contributed by atoms with E-state index in [9.17, 15) is 18.3 Å². The van der Waals surface area contributed by atoms with Crippen molar-refractivity contribution in [3.8, 4) is 16.9 Å². The number of carbonyl (C=O) groups is 1. The fourth-order valence-corrected chi connectivity index (χ4v) is 4.52. The summed E-state index contributed by atoms with van der Waals surface area (Å²) < 4.78 is 54.7. The van der Waals surface area contributed by atoms with Crippen LogP contribution in [0.4, 0.5) is 4.39 Å². The quantitative estimate of drug-likeness (QED) is 0.266. The van der Waals surface area contributed by atoms with Crippen LogP contribution in [0.25, 0.3) is 22.1 Å². The number of hydrogen-bond acceptors (Lipinski definition) is 6. The van der Waals surface area contributed by atoms with Crippen molar-refractivity contribution in [2.75, 3.05) is 0 Å². The van der Waals surface area contributed by atoms with Crippen molar-refractivity contribution < 1.29 is 31.9 Å². The predicted octanol–water partition coefficient (Wildman–Crippen LogP) is 6.00. The minimum atomic E-state index is -3.88. The second-order valence-electron chi connectivity index (χ2n) is 10.2. The standard InChI is InChI=1S/C29H29FN2O6S/c1-17-6-7-20(14-25(33)34)27(18(17)2)38-16-19-12-21-9-11-37-28(21)23(13-19)22-8-10-31-24(26(22)30)15-32-39(35,36)29(3,4)5/h6-13,15H,14,16H2,1-5H3,(H,33,34). The number of pyridine rings is 1. The third-order valence-corrected chi connectivity index (χ3v) is 8.32. The number of ether oxygens (including phenoxy) is 1. The zero-order valence-electron chi connectivity index (χ0n) is 22.3. The first-order valence-electron chi connectivity index (χ1n) is 12.2. The van der Waals surface area contributed by atoms with Gasteiger partial charge in [0.05, 0.1) is 23.6 Å². The van der Waals surface area contributed by atoms with E-state index in [1.165, 1.54) is 39.3 Å². The fourth-order valence-electron chi connectivity index (χ4n) is 3.97. The monoisotopic (exact) mass is 552 g/mol. The molecule has 2 heterocycles. The first-order chi connectivity index (χ1) is 18.3. The summed E-state index contributed by atoms with van der Waals surface area (Å²) in [6, 6.07) is 10.4. The number of benzene rings is 2. The summed E-state index contributed by atoms with van der Waals surface area (Å²) in [6.07, 6.45) is 3.59. The lowest BCUT2D eigenvalue weighted by Crippen LogP contribution is -2.25. The lowest BCUT2D eigenvalue weighted by atomic mass is 10.00. The normalized spacial score (nSPS) is 12.4. The minimum absolute atomic E-state index is 0.0931. The Morgan fingerprint density at radius 2 is 1.90 bits per heavy atom. The van der Waals surface area contributed by atoms with E-state index in [-0.39, 0.29) is 24.3 Å². The second kappa shape index (κ2) is 10.6. The average molecular weight is 553 g/mol. The van der Waals surface area contributed by atoms with E-state index in [1.54, 1.807) is 18.2 Å². The Labute approximate surface area is 226 Å². The summed E-state index contributed by atoms with van der Waals surface area (Å²) in [5, 5.41) is 10.0. The van der Waals surface area contributed by atoms with Crippen LogP contribution in [0.15, 0.2) is 57.7 Å². The second-order valence-corrected chi connectivity index (χ2v) is 12.6. The molecule has 1 N–H and O–H groups in total. The molecule has 8 nitrogen and oxygen atoms in total. The van der Waals surface area contributed by atoms with Crippen molar-refractivity contribution in [3.05, 3.63) is 82.6 Å². The van der Waals surface area contributed by atoms with E-state index >= 15 is 4.39 Å². The van der Waals surface area contributed by atoms with Gasteiger partial charge in [0.1, 0.15) is 23.6 Å². The Morgan fingerprint density at radius 1 is 1.15 bits per heavy atom. The molecule has 0 saturated carbocycles. The molecule has 4 aromatic rings. The van der Waals surface area contributed by atoms with Crippen molar-refractivity contribution in [1.29, 1.82) is 0 Å². The van der Waals surface area contributed by atoms with Crippen LogP contribution >= 0.6 is 0 Å². The van der Waals surface area contributed by atoms with Crippen molar-refractivity contribution in [3.63, 3.8) is 0 Å². The molecule has 204 valence electrons. The van der Waals surface area contributed by atoms with Gasteiger partial charge in [0, 0.05) is 28.3 Å². The van der Waals surface area contributed by atoms with Gasteiger partial charge in [-0.25, -0.2) is 12.8 Å². The van der Waals surface area contributed by atoms with Crippen molar-refractivity contribution in [2.24, 2.45) is 4.40 Å². The van der Waals surface area contributed by atoms with E-state index < -0.39 is 26.6 Å². The smallest absolute Gasteiger partial charge is 0.307 e. The summed E-state index contributed by atoms with van der Waals surface area (Å²) in [7, 11) is -3.88. The zero-order chi connectivity index (χ0) is 28.5. The maximum Gasteiger partial charge on any atom is 0.307 e. The molecule has 4 rings (SSSR count). The molecule has 0 radical (unpaired) electrons. The Hall–Kier alpha value is -4.05. The number of fused-ring (bicyclic) bond motifs is 1. The third kappa shape index (κ3) is 5.85. The van der Waals surface area contributed by atoms with Crippen molar-refractivity contribution in [2.45, 2.75) is 52.4 Å². The molecule has 0 bridgehead atoms. The number of nitrogens with zero attached hydrogens (tertiary/aromatic N) is 2. The topological polar surface area (TPSA) is 119 Å². The highest BCUT2D eigenvalue weighted by Crippen LogP contribution is 2.34. The number of carboxylic acids is 1. The number of halogens is 1. The Bertz CT molecular complexity index is 1700. The Kier molecular flexibility index (Phi) is 7.61. The lowest BCUT2D eigenvalue weighted by molar-refractivity contribution is -0.136. The van der Waals surface area contributed by atoms with Gasteiger partial charge in [-0.2, -0.15) is 4.40 Å². The molecule has 0 atom stereocenters. The molecular weight excluding hydrogens is 523 g/mol. The summed E-state index contributed by atoms with van der Waals surface area (Å²) in [4.78, 5) is 15.3. The third-order valence-electron chi connectivity index (χ3n) is 6.39. The van der Waals surface area contributed by atoms with Gasteiger partial charge in [0.15, 0.2) is 5.82 Å². The molecule has 0 fully saturated rings. The molecule has 0 aliphatic rings. The van der Waals surface area contributed by atoms with Gasteiger partial charge in [0.2, 0.25) is 0 Å². The van der Waals surface area contributed by atoms with Gasteiger partial charge in [-0.15, -0.1) is 0 Å². The van der Waals surface area contributed by atoms with Crippen LogP contribution < -0.4 is 4.74 Å². The van der Waals surface area contributed by atoms with Crippen LogP contribution in [0.3, 0.4) is 0 Å². The summed E-state index contributed by atoms with van der Waals surface area (Å²) in [5.74, 6) is -1.22. The van der Waals surface area contributed by atoms with Gasteiger partial charge in [-0.05, 0) is 75.6 Å². The van der Waals surface area contributed by atoms with Gasteiger partial charge < -0.3 is 14.3 Å². The van der Waals surface area contributed by atoms with Crippen molar-refractivity contribution in [1.82, 2.24) is 4.98 Å². The Morgan fingerprint density at radius 3 is 2.59 bits per heavy atom. The van der Waals surface area contributed by atoms with Crippen LogP contribution in [0.2, 0.25) is 0 Å². The highest BCUT2D eigenvalue weighted by Gasteiger charge is 2.28. The summed E-state index contributed by atoms with van der Waals surface area (Å²) >= 11 is 0. The van der Waals surface area contributed by atoms with E-state index in [0.717, 1.165) is 17.3 Å². The van der Waals surface area contributed by atoms with Crippen LogP contribution in [0, 0.1) is 19.7 Å². The number of aliphatic carboxylic acids is 1. The highest BCUT2D eigenvalue weighted by atomic mass is 32.2. The maximum atomic E-state index is 15.6. The fraction of sp³-hybridized carbons (Fsp3) is 0.276. The lowest BCUT2D eigenvalue weighted by Gasteiger charge is -2.16. The van der Waals surface area contributed by atoms with Gasteiger partial charge >= 0.3 is 5.97 Å². The maximum absolute atomic E-state index is 15.6. The van der Waals surface area contributed by atoms with Gasteiger partial charge in [-0.3, -0.25) is 9.78 Å². The van der Waals surface area contributed by atoms with E-state index in [1.807, 2.05) is 26.0 Å². The Balaban J connectivity index is 1.73. The van der Waals surface area contributed by atoms with Crippen molar-refractivity contribution >= 4 is 33.2 Å². The van der Waals surface area contributed by atoms with E-state index in [0.29, 0.717) is 33.4 Å². The number of rotatable bonds is 8. The van der Waals surface area contributed by atoms with Crippen LogP contribution in [0.1, 0.15) is 48.7 Å². The molecule has 0 aliphatic heterocycles. The van der Waals surface area contributed by atoms with E-state index in [2.05, 4.69) is 9.38 Å². The minimum Gasteiger partial charge on any atom is -0.488 e.